The smallest absolute Gasteiger partial charge is 0.267 e. The summed E-state index contributed by atoms with van der Waals surface area (Å²) < 4.78 is 1.89. The number of nitrogen functional groups attached to an aromatic ring is 1. The molecule has 1 aliphatic rings. The van der Waals surface area contributed by atoms with Gasteiger partial charge < -0.3 is 20.5 Å². The molecule has 0 aromatic carbocycles. The number of nitrogens with one attached hydrogen (secondary N) is 1. The highest BCUT2D eigenvalue weighted by Gasteiger charge is 2.24. The minimum atomic E-state index is -0.0217. The molecule has 1 saturated heterocycles. The van der Waals surface area contributed by atoms with E-state index in [4.69, 9.17) is 5.73 Å². The number of hydrogen-bond acceptors (Lipinski definition) is 3. The molecule has 0 bridgehead atoms. The first-order valence-corrected chi connectivity index (χ1v) is 7.49. The van der Waals surface area contributed by atoms with Gasteiger partial charge >= 0.3 is 0 Å². The number of aromatic nitrogens is 1. The van der Waals surface area contributed by atoms with E-state index < -0.39 is 0 Å². The molecule has 0 saturated carbocycles. The molecule has 20 heavy (non-hydrogen) atoms. The zero-order valence-corrected chi connectivity index (χ0v) is 12.7. The van der Waals surface area contributed by atoms with Gasteiger partial charge in [0.05, 0.1) is 5.69 Å². The monoisotopic (exact) mass is 278 g/mol. The van der Waals surface area contributed by atoms with Crippen molar-refractivity contribution in [2.24, 2.45) is 5.92 Å². The van der Waals surface area contributed by atoms with Crippen LogP contribution in [0.5, 0.6) is 0 Å². The van der Waals surface area contributed by atoms with E-state index in [0.29, 0.717) is 23.3 Å². The molecule has 1 aromatic rings. The number of carbonyl (C=O) groups excluding carboxylic acids is 1. The average Bonchev–Trinajstić information content (AvgIpc) is 3.02. The lowest BCUT2D eigenvalue weighted by Gasteiger charge is -2.20. The Morgan fingerprint density at radius 3 is 2.90 bits per heavy atom. The van der Waals surface area contributed by atoms with E-state index in [0.717, 1.165) is 32.6 Å². The molecule has 2 rings (SSSR count). The minimum absolute atomic E-state index is 0.0217. The number of nitrogens with zero attached hydrogens (tertiary/aromatic N) is 2. The van der Waals surface area contributed by atoms with E-state index in [2.05, 4.69) is 24.1 Å². The third kappa shape index (κ3) is 3.33. The van der Waals surface area contributed by atoms with Gasteiger partial charge in [-0.25, -0.2) is 0 Å². The maximum Gasteiger partial charge on any atom is 0.267 e. The van der Waals surface area contributed by atoms with E-state index in [1.807, 2.05) is 17.7 Å². The summed E-state index contributed by atoms with van der Waals surface area (Å²) in [4.78, 5) is 14.7. The molecule has 5 nitrogen and oxygen atoms in total. The van der Waals surface area contributed by atoms with Crippen molar-refractivity contribution in [1.29, 1.82) is 0 Å². The predicted molar refractivity (Wildman–Crippen MR) is 81.7 cm³/mol. The topological polar surface area (TPSA) is 63.3 Å². The lowest BCUT2D eigenvalue weighted by molar-refractivity contribution is 0.0938. The summed E-state index contributed by atoms with van der Waals surface area (Å²) in [6.45, 7) is 10.2. The Bertz CT molecular complexity index is 466. The molecular weight excluding hydrogens is 252 g/mol. The van der Waals surface area contributed by atoms with Gasteiger partial charge in [0.15, 0.2) is 0 Å². The van der Waals surface area contributed by atoms with Gasteiger partial charge in [0, 0.05) is 31.9 Å². The van der Waals surface area contributed by atoms with Crippen LogP contribution >= 0.6 is 0 Å². The molecule has 1 atom stereocenters. The Balaban J connectivity index is 1.86. The number of anilines is 1. The van der Waals surface area contributed by atoms with Crippen LogP contribution in [0, 0.1) is 5.92 Å². The van der Waals surface area contributed by atoms with E-state index in [9.17, 15) is 4.79 Å². The number of amides is 1. The molecule has 3 N–H and O–H groups in total. The summed E-state index contributed by atoms with van der Waals surface area (Å²) in [6.07, 6.45) is 2.97. The molecule has 0 spiro atoms. The fraction of sp³-hybridized carbons (Fsp3) is 0.667. The van der Waals surface area contributed by atoms with Gasteiger partial charge in [-0.15, -0.1) is 0 Å². The lowest BCUT2D eigenvalue weighted by Crippen LogP contribution is -2.33. The summed E-state index contributed by atoms with van der Waals surface area (Å²) in [5.74, 6) is 0.537. The van der Waals surface area contributed by atoms with E-state index in [1.54, 1.807) is 6.07 Å². The zero-order chi connectivity index (χ0) is 14.7. The van der Waals surface area contributed by atoms with Gasteiger partial charge in [0.1, 0.15) is 5.69 Å². The van der Waals surface area contributed by atoms with Crippen LogP contribution in [0.3, 0.4) is 0 Å². The van der Waals surface area contributed by atoms with Crippen LogP contribution in [0.2, 0.25) is 0 Å². The van der Waals surface area contributed by atoms with Crippen molar-refractivity contribution in [2.75, 3.05) is 25.4 Å². The van der Waals surface area contributed by atoms with Crippen LogP contribution in [-0.2, 0) is 6.54 Å². The van der Waals surface area contributed by atoms with E-state index >= 15 is 0 Å². The Morgan fingerprint density at radius 1 is 1.55 bits per heavy atom. The van der Waals surface area contributed by atoms with Crippen LogP contribution in [0.15, 0.2) is 12.3 Å². The number of hydrogen-bond donors (Lipinski definition) is 2. The maximum absolute atomic E-state index is 12.2. The maximum atomic E-state index is 12.2. The van der Waals surface area contributed by atoms with Crippen LogP contribution in [0.4, 0.5) is 5.69 Å². The molecule has 112 valence electrons. The largest absolute Gasteiger partial charge is 0.397 e. The van der Waals surface area contributed by atoms with E-state index in [-0.39, 0.29) is 5.91 Å². The number of aryl methyl sites for hydroxylation is 1. The van der Waals surface area contributed by atoms with Crippen molar-refractivity contribution in [1.82, 2.24) is 14.8 Å². The van der Waals surface area contributed by atoms with Crippen molar-refractivity contribution in [3.8, 4) is 0 Å². The fourth-order valence-electron chi connectivity index (χ4n) is 2.81. The standard InChI is InChI=1S/C15H26N4O/c1-4-18-10-13(16)7-14(18)15(20)17-8-12-5-6-19(9-12)11(2)3/h7,10-12H,4-6,8-9,16H2,1-3H3,(H,17,20). The second kappa shape index (κ2) is 6.31. The number of rotatable bonds is 5. The van der Waals surface area contributed by atoms with Crippen molar-refractivity contribution in [3.63, 3.8) is 0 Å². The summed E-state index contributed by atoms with van der Waals surface area (Å²) >= 11 is 0. The molecule has 1 unspecified atom stereocenters. The van der Waals surface area contributed by atoms with Gasteiger partial charge in [-0.2, -0.15) is 0 Å². The number of nitrogens with two attached hydrogens (primary N) is 1. The number of carbonyl (C=O) groups is 1. The Morgan fingerprint density at radius 2 is 2.30 bits per heavy atom. The zero-order valence-electron chi connectivity index (χ0n) is 12.7. The van der Waals surface area contributed by atoms with Gasteiger partial charge in [-0.05, 0) is 45.7 Å². The van der Waals surface area contributed by atoms with Gasteiger partial charge in [0.2, 0.25) is 0 Å². The molecule has 1 fully saturated rings. The summed E-state index contributed by atoms with van der Waals surface area (Å²) in [6, 6.07) is 2.33. The second-order valence-electron chi connectivity index (χ2n) is 5.90. The van der Waals surface area contributed by atoms with Gasteiger partial charge in [-0.1, -0.05) is 0 Å². The molecule has 1 amide bonds. The molecule has 5 heteroatoms. The third-order valence-corrected chi connectivity index (χ3v) is 4.09. The van der Waals surface area contributed by atoms with Crippen molar-refractivity contribution >= 4 is 11.6 Å². The van der Waals surface area contributed by atoms with Crippen molar-refractivity contribution < 1.29 is 4.79 Å². The summed E-state index contributed by atoms with van der Waals surface area (Å²) in [5, 5.41) is 3.05. The second-order valence-corrected chi connectivity index (χ2v) is 5.90. The lowest BCUT2D eigenvalue weighted by atomic mass is 10.1. The number of likely N-dealkylation sites (tertiary alicyclic amines) is 1. The Kier molecular flexibility index (Phi) is 4.70. The van der Waals surface area contributed by atoms with Crippen molar-refractivity contribution in [2.45, 2.75) is 39.8 Å². The average molecular weight is 278 g/mol. The molecule has 1 aliphatic heterocycles. The Labute approximate surface area is 121 Å². The van der Waals surface area contributed by atoms with Gasteiger partial charge in [-0.3, -0.25) is 4.79 Å². The summed E-state index contributed by atoms with van der Waals surface area (Å²) in [5.41, 5.74) is 7.05. The van der Waals surface area contributed by atoms with Crippen molar-refractivity contribution in [3.05, 3.63) is 18.0 Å². The first-order valence-electron chi connectivity index (χ1n) is 7.49. The van der Waals surface area contributed by atoms with E-state index in [1.165, 1.54) is 0 Å². The minimum Gasteiger partial charge on any atom is -0.397 e. The highest BCUT2D eigenvalue weighted by atomic mass is 16.1. The van der Waals surface area contributed by atoms with Crippen LogP contribution in [-0.4, -0.2) is 41.1 Å². The normalized spacial score (nSPS) is 19.7. The first kappa shape index (κ1) is 14.9. The van der Waals surface area contributed by atoms with Crippen LogP contribution in [0.25, 0.3) is 0 Å². The SMILES string of the molecule is CCn1cc(N)cc1C(=O)NCC1CCN(C(C)C)C1. The van der Waals surface area contributed by atoms with Gasteiger partial charge in [0.25, 0.3) is 5.91 Å². The van der Waals surface area contributed by atoms with Crippen LogP contribution < -0.4 is 11.1 Å². The quantitative estimate of drug-likeness (QED) is 0.859. The predicted octanol–water partition coefficient (Wildman–Crippen LogP) is 1.55. The third-order valence-electron chi connectivity index (χ3n) is 4.09. The molecule has 0 radical (unpaired) electrons. The first-order chi connectivity index (χ1) is 9.51. The fourth-order valence-corrected chi connectivity index (χ4v) is 2.81. The molecular formula is C15H26N4O. The van der Waals surface area contributed by atoms with Crippen LogP contribution in [0.1, 0.15) is 37.7 Å². The molecule has 1 aromatic heterocycles. The highest BCUT2D eigenvalue weighted by molar-refractivity contribution is 5.93. The summed E-state index contributed by atoms with van der Waals surface area (Å²) in [7, 11) is 0. The molecule has 2 heterocycles. The molecule has 0 aliphatic carbocycles. The highest BCUT2D eigenvalue weighted by Crippen LogP contribution is 2.18. The Hall–Kier alpha value is -1.49.